The van der Waals surface area contributed by atoms with Gasteiger partial charge in [0.15, 0.2) is 0 Å². The van der Waals surface area contributed by atoms with Crippen LogP contribution in [0.5, 0.6) is 0 Å². The van der Waals surface area contributed by atoms with Crippen LogP contribution in [0.15, 0.2) is 41.3 Å². The number of aryl methyl sites for hydroxylation is 1. The Labute approximate surface area is 151 Å². The minimum absolute atomic E-state index is 0.0299. The number of sulfonamides is 1. The Morgan fingerprint density at radius 1 is 1.08 bits per heavy atom. The van der Waals surface area contributed by atoms with Gasteiger partial charge in [0.1, 0.15) is 0 Å². The molecule has 6 heteroatoms. The molecule has 5 nitrogen and oxygen atoms in total. The highest BCUT2D eigenvalue weighted by Gasteiger charge is 2.29. The van der Waals surface area contributed by atoms with Crippen molar-refractivity contribution in [2.45, 2.75) is 57.3 Å². The number of ether oxygens (including phenoxy) is 1. The van der Waals surface area contributed by atoms with Crippen molar-refractivity contribution in [2.75, 3.05) is 13.7 Å². The molecule has 140 valence electrons. The van der Waals surface area contributed by atoms with Gasteiger partial charge in [0.25, 0.3) is 10.0 Å². The summed E-state index contributed by atoms with van der Waals surface area (Å²) in [7, 11) is -2.75. The van der Waals surface area contributed by atoms with Crippen molar-refractivity contribution in [1.82, 2.24) is 4.31 Å². The summed E-state index contributed by atoms with van der Waals surface area (Å²) in [6, 6.07) is 6.40. The average molecular weight is 368 g/mol. The molecule has 0 radical (unpaired) electrons. The van der Waals surface area contributed by atoms with Crippen molar-refractivity contribution < 1.29 is 17.9 Å². The number of carbonyl (C=O) groups is 1. The van der Waals surface area contributed by atoms with Gasteiger partial charge in [-0.15, -0.1) is 0 Å². The van der Waals surface area contributed by atoms with Crippen molar-refractivity contribution in [3.63, 3.8) is 0 Å². The third-order valence-electron chi connectivity index (χ3n) is 3.90. The Morgan fingerprint density at radius 3 is 2.32 bits per heavy atom. The summed E-state index contributed by atoms with van der Waals surface area (Å²) in [5, 5.41) is 0. The predicted molar refractivity (Wildman–Crippen MR) is 100.0 cm³/mol. The second-order valence-corrected chi connectivity index (χ2v) is 7.86. The molecule has 0 spiro atoms. The van der Waals surface area contributed by atoms with Crippen LogP contribution in [0, 0.1) is 6.92 Å². The average Bonchev–Trinajstić information content (AvgIpc) is 2.60. The molecule has 1 rings (SSSR count). The highest BCUT2D eigenvalue weighted by atomic mass is 32.2. The Hall–Kier alpha value is -1.82. The number of carbonyl (C=O) groups excluding carboxylic acids is 1. The molecule has 0 saturated heterocycles. The monoisotopic (exact) mass is 367 g/mol. The maximum Gasteiger partial charge on any atom is 0.423 e. The molecule has 0 aromatic heterocycles. The molecule has 1 amide bonds. The van der Waals surface area contributed by atoms with Crippen LogP contribution >= 0.6 is 0 Å². The van der Waals surface area contributed by atoms with Crippen molar-refractivity contribution in [2.24, 2.45) is 0 Å². The largest absolute Gasteiger partial charge is 0.452 e. The maximum absolute atomic E-state index is 12.7. The zero-order valence-corrected chi connectivity index (χ0v) is 16.2. The molecule has 1 aromatic carbocycles. The van der Waals surface area contributed by atoms with Crippen LogP contribution in [0.4, 0.5) is 4.79 Å². The number of hydrogen-bond donors (Lipinski definition) is 0. The normalized spacial score (nSPS) is 11.6. The molecule has 0 aliphatic rings. The second-order valence-electron chi connectivity index (χ2n) is 5.99. The van der Waals surface area contributed by atoms with Crippen molar-refractivity contribution in [1.29, 1.82) is 0 Å². The Morgan fingerprint density at radius 2 is 1.72 bits per heavy atom. The smallest absolute Gasteiger partial charge is 0.423 e. The lowest BCUT2D eigenvalue weighted by Crippen LogP contribution is -2.37. The number of unbranched alkanes of at least 4 members (excludes halogenated alkanes) is 5. The number of nitrogens with zero attached hydrogens (tertiary/aromatic N) is 1. The van der Waals surface area contributed by atoms with E-state index >= 15 is 0 Å². The lowest BCUT2D eigenvalue weighted by molar-refractivity contribution is 0.151. The fourth-order valence-corrected chi connectivity index (χ4v) is 3.65. The topological polar surface area (TPSA) is 63.7 Å². The number of rotatable bonds is 10. The molecule has 0 heterocycles. The molecular formula is C19H29NO4S. The molecule has 0 aliphatic heterocycles. The lowest BCUT2D eigenvalue weighted by Gasteiger charge is -2.19. The minimum atomic E-state index is -3.93. The van der Waals surface area contributed by atoms with E-state index in [0.717, 1.165) is 22.7 Å². The van der Waals surface area contributed by atoms with Gasteiger partial charge in [0, 0.05) is 0 Å². The van der Waals surface area contributed by atoms with Gasteiger partial charge in [-0.05, 0) is 31.9 Å². The maximum atomic E-state index is 12.7. The molecule has 0 N–H and O–H groups in total. The van der Waals surface area contributed by atoms with Crippen molar-refractivity contribution in [3.8, 4) is 0 Å². The molecule has 25 heavy (non-hydrogen) atoms. The van der Waals surface area contributed by atoms with Crippen LogP contribution in [-0.4, -0.2) is 32.5 Å². The summed E-state index contributed by atoms with van der Waals surface area (Å²) in [4.78, 5) is 12.0. The van der Waals surface area contributed by atoms with E-state index in [0.29, 0.717) is 0 Å². The minimum Gasteiger partial charge on any atom is -0.452 e. The summed E-state index contributed by atoms with van der Waals surface area (Å²) in [5.74, 6) is 0. The fraction of sp³-hybridized carbons (Fsp3) is 0.526. The zero-order chi connectivity index (χ0) is 18.7. The third-order valence-corrected chi connectivity index (χ3v) is 5.65. The quantitative estimate of drug-likeness (QED) is 0.445. The third kappa shape index (κ3) is 6.90. The van der Waals surface area contributed by atoms with Crippen molar-refractivity contribution >= 4 is 16.1 Å². The van der Waals surface area contributed by atoms with E-state index in [1.54, 1.807) is 18.2 Å². The molecular weight excluding hydrogens is 338 g/mol. The van der Waals surface area contributed by atoms with Gasteiger partial charge in [-0.1, -0.05) is 62.5 Å². The van der Waals surface area contributed by atoms with Gasteiger partial charge in [-0.3, -0.25) is 0 Å². The lowest BCUT2D eigenvalue weighted by atomic mass is 10.1. The zero-order valence-electron chi connectivity index (χ0n) is 15.4. The molecule has 0 saturated carbocycles. The van der Waals surface area contributed by atoms with E-state index < -0.39 is 16.1 Å². The first-order chi connectivity index (χ1) is 11.9. The first-order valence-electron chi connectivity index (χ1n) is 8.75. The molecule has 0 unspecified atom stereocenters. The van der Waals surface area contributed by atoms with Gasteiger partial charge in [0.05, 0.1) is 18.6 Å². The van der Waals surface area contributed by atoms with Crippen molar-refractivity contribution in [3.05, 3.63) is 42.0 Å². The van der Waals surface area contributed by atoms with E-state index in [9.17, 15) is 13.2 Å². The van der Waals surface area contributed by atoms with E-state index in [1.165, 1.54) is 44.9 Å². The standard InChI is InChI=1S/C19H29NO4S/c1-4-5-6-7-8-9-10-11-16-20(19(21)24-3)25(22,23)18-14-12-17(2)13-15-18/h10-15H,4-9,16H2,1-3H3/b11-10+. The van der Waals surface area contributed by atoms with Gasteiger partial charge in [-0.2, -0.15) is 4.31 Å². The molecule has 0 aliphatic carbocycles. The summed E-state index contributed by atoms with van der Waals surface area (Å²) < 4.78 is 30.7. The van der Waals surface area contributed by atoms with Gasteiger partial charge < -0.3 is 4.74 Å². The summed E-state index contributed by atoms with van der Waals surface area (Å²) in [6.07, 6.45) is 9.54. The van der Waals surface area contributed by atoms with Gasteiger partial charge in [-0.25, -0.2) is 13.2 Å². The molecule has 0 atom stereocenters. The predicted octanol–water partition coefficient (Wildman–Crippen LogP) is 4.67. The summed E-state index contributed by atoms with van der Waals surface area (Å²) >= 11 is 0. The summed E-state index contributed by atoms with van der Waals surface area (Å²) in [6.45, 7) is 4.02. The number of benzene rings is 1. The van der Waals surface area contributed by atoms with Crippen LogP contribution < -0.4 is 0 Å². The summed E-state index contributed by atoms with van der Waals surface area (Å²) in [5.41, 5.74) is 0.950. The van der Waals surface area contributed by atoms with Gasteiger partial charge >= 0.3 is 6.09 Å². The fourth-order valence-electron chi connectivity index (χ4n) is 2.36. The Balaban J connectivity index is 2.71. The SMILES string of the molecule is CCCCCCC/C=C/CN(C(=O)OC)S(=O)(=O)c1ccc(C)cc1. The number of hydrogen-bond acceptors (Lipinski definition) is 4. The molecule has 1 aromatic rings. The van der Waals surface area contributed by atoms with E-state index in [4.69, 9.17) is 0 Å². The van der Waals surface area contributed by atoms with Crippen LogP contribution in [0.25, 0.3) is 0 Å². The highest BCUT2D eigenvalue weighted by Crippen LogP contribution is 2.17. The van der Waals surface area contributed by atoms with Crippen LogP contribution in [0.3, 0.4) is 0 Å². The second kappa shape index (κ2) is 10.9. The van der Waals surface area contributed by atoms with Gasteiger partial charge in [0.2, 0.25) is 0 Å². The number of allylic oxidation sites excluding steroid dienone is 1. The van der Waals surface area contributed by atoms with E-state index in [2.05, 4.69) is 11.7 Å². The van der Waals surface area contributed by atoms with Crippen LogP contribution in [0.1, 0.15) is 51.0 Å². The Kier molecular flexibility index (Phi) is 9.27. The van der Waals surface area contributed by atoms with E-state index in [-0.39, 0.29) is 11.4 Å². The number of methoxy groups -OCH3 is 1. The molecule has 0 fully saturated rings. The van der Waals surface area contributed by atoms with Crippen LogP contribution in [0.2, 0.25) is 0 Å². The van der Waals surface area contributed by atoms with E-state index in [1.807, 2.05) is 13.0 Å². The first-order valence-corrected chi connectivity index (χ1v) is 10.2. The Bertz CT molecular complexity index is 651. The first kappa shape index (κ1) is 21.2. The highest BCUT2D eigenvalue weighted by molar-refractivity contribution is 7.89. The van der Waals surface area contributed by atoms with Crippen LogP contribution in [-0.2, 0) is 14.8 Å². The number of amides is 1. The molecule has 0 bridgehead atoms.